The highest BCUT2D eigenvalue weighted by Crippen LogP contribution is 2.31. The van der Waals surface area contributed by atoms with Crippen molar-refractivity contribution >= 4 is 27.2 Å². The molecule has 0 amide bonds. The fourth-order valence-electron chi connectivity index (χ4n) is 2.53. The molecule has 5 heteroatoms. The van der Waals surface area contributed by atoms with E-state index >= 15 is 0 Å². The molecule has 4 nitrogen and oxygen atoms in total. The van der Waals surface area contributed by atoms with Crippen molar-refractivity contribution in [2.24, 2.45) is 0 Å². The van der Waals surface area contributed by atoms with E-state index in [0.29, 0.717) is 12.3 Å². The van der Waals surface area contributed by atoms with Crippen molar-refractivity contribution in [1.29, 1.82) is 0 Å². The van der Waals surface area contributed by atoms with Crippen LogP contribution < -0.4 is 10.5 Å². The van der Waals surface area contributed by atoms with Crippen LogP contribution in [0.3, 0.4) is 0 Å². The van der Waals surface area contributed by atoms with Crippen LogP contribution in [0.1, 0.15) is 19.3 Å². The molecule has 0 unspecified atom stereocenters. The third kappa shape index (κ3) is 2.82. The van der Waals surface area contributed by atoms with Crippen molar-refractivity contribution in [3.8, 4) is 5.75 Å². The monoisotopic (exact) mass is 277 g/mol. The van der Waals surface area contributed by atoms with Crippen molar-refractivity contribution < 1.29 is 4.74 Å². The van der Waals surface area contributed by atoms with E-state index in [9.17, 15) is 0 Å². The number of benzene rings is 1. The lowest BCUT2D eigenvalue weighted by atomic mass is 10.1. The summed E-state index contributed by atoms with van der Waals surface area (Å²) in [6, 6.07) is 3.98. The van der Waals surface area contributed by atoms with Gasteiger partial charge in [0.2, 0.25) is 0 Å². The topological polar surface area (TPSA) is 51.4 Å². The number of hydrogen-bond donors (Lipinski definition) is 1. The third-order valence-electron chi connectivity index (χ3n) is 3.62. The van der Waals surface area contributed by atoms with Crippen molar-refractivity contribution in [1.82, 2.24) is 9.88 Å². The molecule has 1 saturated heterocycles. The van der Waals surface area contributed by atoms with Crippen molar-refractivity contribution in [3.63, 3.8) is 0 Å². The first-order valence-corrected chi connectivity index (χ1v) is 7.69. The highest BCUT2D eigenvalue weighted by molar-refractivity contribution is 7.16. The molecule has 0 aliphatic carbocycles. The Hall–Kier alpha value is -1.33. The van der Waals surface area contributed by atoms with Gasteiger partial charge in [0, 0.05) is 6.54 Å². The molecule has 0 saturated carbocycles. The average molecular weight is 277 g/mol. The largest absolute Gasteiger partial charge is 0.490 e. The van der Waals surface area contributed by atoms with Crippen LogP contribution in [0.15, 0.2) is 17.6 Å². The number of piperidine rings is 1. The lowest BCUT2D eigenvalue weighted by Crippen LogP contribution is -2.33. The highest BCUT2D eigenvalue weighted by Gasteiger charge is 2.11. The predicted octanol–water partition coefficient (Wildman–Crippen LogP) is 2.74. The van der Waals surface area contributed by atoms with Gasteiger partial charge in [-0.25, -0.2) is 4.98 Å². The summed E-state index contributed by atoms with van der Waals surface area (Å²) in [5.74, 6) is 0.760. The molecule has 1 aromatic heterocycles. The zero-order valence-electron chi connectivity index (χ0n) is 11.0. The summed E-state index contributed by atoms with van der Waals surface area (Å²) in [5.41, 5.74) is 9.43. The van der Waals surface area contributed by atoms with E-state index < -0.39 is 0 Å². The molecule has 0 atom stereocenters. The molecular weight excluding hydrogens is 258 g/mol. The minimum Gasteiger partial charge on any atom is -0.490 e. The number of nitrogens with two attached hydrogens (primary N) is 1. The Morgan fingerprint density at radius 3 is 2.95 bits per heavy atom. The molecule has 0 radical (unpaired) electrons. The third-order valence-corrected chi connectivity index (χ3v) is 4.41. The van der Waals surface area contributed by atoms with Crippen molar-refractivity contribution in [2.75, 3.05) is 32.0 Å². The first-order chi connectivity index (χ1) is 9.34. The fraction of sp³-hybridized carbons (Fsp3) is 0.500. The summed E-state index contributed by atoms with van der Waals surface area (Å²) < 4.78 is 6.93. The number of rotatable bonds is 4. The van der Waals surface area contributed by atoms with Crippen molar-refractivity contribution in [3.05, 3.63) is 17.6 Å². The van der Waals surface area contributed by atoms with E-state index in [2.05, 4.69) is 9.88 Å². The van der Waals surface area contributed by atoms with Crippen LogP contribution in [0.5, 0.6) is 5.75 Å². The zero-order chi connectivity index (χ0) is 13.1. The summed E-state index contributed by atoms with van der Waals surface area (Å²) in [6.45, 7) is 4.07. The molecular formula is C14H19N3OS. The smallest absolute Gasteiger partial charge is 0.144 e. The Bertz CT molecular complexity index is 549. The first-order valence-electron chi connectivity index (χ1n) is 6.81. The second-order valence-corrected chi connectivity index (χ2v) is 5.81. The molecule has 1 aliphatic rings. The van der Waals surface area contributed by atoms with Gasteiger partial charge in [-0.05, 0) is 38.1 Å². The Morgan fingerprint density at radius 1 is 1.26 bits per heavy atom. The summed E-state index contributed by atoms with van der Waals surface area (Å²) in [6.07, 6.45) is 3.99. The Balaban J connectivity index is 1.60. The molecule has 2 aromatic rings. The lowest BCUT2D eigenvalue weighted by molar-refractivity contribution is 0.184. The van der Waals surface area contributed by atoms with E-state index in [1.165, 1.54) is 32.4 Å². The Kier molecular flexibility index (Phi) is 3.84. The number of likely N-dealkylation sites (tertiary alicyclic amines) is 1. The van der Waals surface area contributed by atoms with Gasteiger partial charge in [-0.2, -0.15) is 0 Å². The van der Waals surface area contributed by atoms with Gasteiger partial charge in [0.05, 0.1) is 10.2 Å². The number of nitrogens with zero attached hydrogens (tertiary/aromatic N) is 2. The number of fused-ring (bicyclic) bond motifs is 1. The van der Waals surface area contributed by atoms with Gasteiger partial charge in [0.25, 0.3) is 0 Å². The number of anilines is 1. The molecule has 102 valence electrons. The van der Waals surface area contributed by atoms with Gasteiger partial charge in [-0.15, -0.1) is 11.3 Å². The van der Waals surface area contributed by atoms with Crippen LogP contribution in [0.4, 0.5) is 5.69 Å². The van der Waals surface area contributed by atoms with Crippen LogP contribution in [-0.2, 0) is 0 Å². The number of ether oxygens (including phenoxy) is 1. The molecule has 1 aromatic carbocycles. The number of thiazole rings is 1. The second kappa shape index (κ2) is 5.75. The predicted molar refractivity (Wildman–Crippen MR) is 79.8 cm³/mol. The van der Waals surface area contributed by atoms with Gasteiger partial charge in [-0.3, -0.25) is 4.90 Å². The van der Waals surface area contributed by atoms with E-state index in [4.69, 9.17) is 10.5 Å². The fourth-order valence-corrected chi connectivity index (χ4v) is 3.22. The molecule has 1 aliphatic heterocycles. The Morgan fingerprint density at radius 2 is 2.11 bits per heavy atom. The average Bonchev–Trinajstić information content (AvgIpc) is 2.92. The van der Waals surface area contributed by atoms with E-state index in [0.717, 1.165) is 22.5 Å². The summed E-state index contributed by atoms with van der Waals surface area (Å²) in [7, 11) is 0. The first kappa shape index (κ1) is 12.7. The number of nitrogen functional groups attached to an aromatic ring is 1. The molecule has 3 rings (SSSR count). The number of hydrogen-bond acceptors (Lipinski definition) is 5. The quantitative estimate of drug-likeness (QED) is 0.873. The summed E-state index contributed by atoms with van der Waals surface area (Å²) >= 11 is 1.60. The maximum absolute atomic E-state index is 6.09. The van der Waals surface area contributed by atoms with Crippen LogP contribution in [0.25, 0.3) is 10.2 Å². The lowest BCUT2D eigenvalue weighted by Gasteiger charge is -2.26. The van der Waals surface area contributed by atoms with Crippen LogP contribution in [0, 0.1) is 0 Å². The van der Waals surface area contributed by atoms with Crippen LogP contribution in [0.2, 0.25) is 0 Å². The van der Waals surface area contributed by atoms with Crippen molar-refractivity contribution in [2.45, 2.75) is 19.3 Å². The zero-order valence-corrected chi connectivity index (χ0v) is 11.8. The Labute approximate surface area is 117 Å². The van der Waals surface area contributed by atoms with Gasteiger partial charge >= 0.3 is 0 Å². The SMILES string of the molecule is Nc1c(OCCN2CCCCC2)ccc2scnc12. The minimum absolute atomic E-state index is 0.664. The molecule has 1 fully saturated rings. The highest BCUT2D eigenvalue weighted by atomic mass is 32.1. The van der Waals surface area contributed by atoms with Gasteiger partial charge in [-0.1, -0.05) is 6.42 Å². The van der Waals surface area contributed by atoms with Gasteiger partial charge < -0.3 is 10.5 Å². The standard InChI is InChI=1S/C14H19N3OS/c15-13-11(4-5-12-14(13)16-10-19-12)18-9-8-17-6-2-1-3-7-17/h4-5,10H,1-3,6-9,15H2. The van der Waals surface area contributed by atoms with E-state index in [-0.39, 0.29) is 0 Å². The second-order valence-electron chi connectivity index (χ2n) is 4.93. The van der Waals surface area contributed by atoms with Crippen LogP contribution in [-0.4, -0.2) is 36.1 Å². The maximum atomic E-state index is 6.09. The number of aromatic nitrogens is 1. The van der Waals surface area contributed by atoms with Gasteiger partial charge in [0.15, 0.2) is 0 Å². The maximum Gasteiger partial charge on any atom is 0.144 e. The normalized spacial score (nSPS) is 16.8. The van der Waals surface area contributed by atoms with E-state index in [1.807, 2.05) is 17.6 Å². The van der Waals surface area contributed by atoms with Gasteiger partial charge in [0.1, 0.15) is 23.6 Å². The molecule has 0 spiro atoms. The molecule has 0 bridgehead atoms. The van der Waals surface area contributed by atoms with Crippen LogP contribution >= 0.6 is 11.3 Å². The molecule has 2 N–H and O–H groups in total. The molecule has 19 heavy (non-hydrogen) atoms. The minimum atomic E-state index is 0.664. The van der Waals surface area contributed by atoms with E-state index in [1.54, 1.807) is 11.3 Å². The summed E-state index contributed by atoms with van der Waals surface area (Å²) in [4.78, 5) is 6.74. The summed E-state index contributed by atoms with van der Waals surface area (Å²) in [5, 5.41) is 0. The molecule has 2 heterocycles.